The molecule has 2 aromatic rings. The molecule has 2 aliphatic rings. The van der Waals surface area contributed by atoms with Crippen molar-refractivity contribution in [1.82, 2.24) is 4.98 Å². The van der Waals surface area contributed by atoms with E-state index in [1.165, 1.54) is 18.9 Å². The number of carbonyl (C=O) groups excluding carboxylic acids is 1. The minimum atomic E-state index is -4.29. The molecule has 0 unspecified atom stereocenters. The zero-order valence-corrected chi connectivity index (χ0v) is 16.5. The lowest BCUT2D eigenvalue weighted by atomic mass is 9.93. The minimum Gasteiger partial charge on any atom is -0.477 e. The first kappa shape index (κ1) is 20.5. The second-order valence-corrected chi connectivity index (χ2v) is 8.03. The van der Waals surface area contributed by atoms with Crippen LogP contribution >= 0.6 is 0 Å². The Morgan fingerprint density at radius 3 is 2.50 bits per heavy atom. The SMILES string of the molecule is O=C(Nc1cccc(OCCC(F)(F)F)n1)c1ccccc1N1CCC2(CC1)CC2. The van der Waals surface area contributed by atoms with Gasteiger partial charge in [-0.15, -0.1) is 0 Å². The minimum absolute atomic E-state index is 0.0381. The van der Waals surface area contributed by atoms with Crippen LogP contribution in [0.1, 0.15) is 42.5 Å². The van der Waals surface area contributed by atoms with Crippen LogP contribution in [-0.2, 0) is 0 Å². The summed E-state index contributed by atoms with van der Waals surface area (Å²) in [6.45, 7) is 1.35. The van der Waals surface area contributed by atoms with Gasteiger partial charge in [-0.2, -0.15) is 18.2 Å². The van der Waals surface area contributed by atoms with Gasteiger partial charge in [0.05, 0.1) is 18.6 Å². The van der Waals surface area contributed by atoms with Crippen molar-refractivity contribution >= 4 is 17.4 Å². The zero-order chi connectivity index (χ0) is 21.2. The maximum Gasteiger partial charge on any atom is 0.392 e. The van der Waals surface area contributed by atoms with Gasteiger partial charge in [0.25, 0.3) is 5.91 Å². The van der Waals surface area contributed by atoms with Crippen LogP contribution in [0, 0.1) is 5.41 Å². The standard InChI is InChI=1S/C22H24F3N3O2/c23-22(24,25)12-15-30-19-7-3-6-18(26-19)27-20(29)16-4-1-2-5-17(16)28-13-10-21(8-9-21)11-14-28/h1-7H,8-15H2,(H,26,27,29). The number of nitrogens with one attached hydrogen (secondary N) is 1. The first-order valence-corrected chi connectivity index (χ1v) is 10.2. The number of anilines is 2. The molecule has 8 heteroatoms. The number of halogens is 3. The molecule has 1 aromatic carbocycles. The van der Waals surface area contributed by atoms with Crippen LogP contribution in [0.5, 0.6) is 5.88 Å². The van der Waals surface area contributed by atoms with Crippen molar-refractivity contribution in [2.24, 2.45) is 5.41 Å². The number of hydrogen-bond acceptors (Lipinski definition) is 4. The smallest absolute Gasteiger partial charge is 0.392 e. The van der Waals surface area contributed by atoms with Crippen molar-refractivity contribution in [3.63, 3.8) is 0 Å². The highest BCUT2D eigenvalue weighted by Crippen LogP contribution is 2.54. The number of rotatable bonds is 6. The first-order chi connectivity index (χ1) is 14.3. The average molecular weight is 419 g/mol. The summed E-state index contributed by atoms with van der Waals surface area (Å²) < 4.78 is 41.9. The van der Waals surface area contributed by atoms with Crippen LogP contribution in [0.3, 0.4) is 0 Å². The van der Waals surface area contributed by atoms with Crippen molar-refractivity contribution in [2.75, 3.05) is 29.9 Å². The maximum absolute atomic E-state index is 12.9. The molecule has 2 fully saturated rings. The average Bonchev–Trinajstić information content (AvgIpc) is 3.47. The van der Waals surface area contributed by atoms with Gasteiger partial charge in [-0.3, -0.25) is 4.79 Å². The van der Waals surface area contributed by atoms with Gasteiger partial charge >= 0.3 is 6.18 Å². The molecule has 160 valence electrons. The summed E-state index contributed by atoms with van der Waals surface area (Å²) in [7, 11) is 0. The Morgan fingerprint density at radius 1 is 1.07 bits per heavy atom. The quantitative estimate of drug-likeness (QED) is 0.712. The summed E-state index contributed by atoms with van der Waals surface area (Å²) in [6, 6.07) is 12.1. The van der Waals surface area contributed by atoms with E-state index in [0.717, 1.165) is 31.6 Å². The number of ether oxygens (including phenoxy) is 1. The van der Waals surface area contributed by atoms with E-state index in [1.54, 1.807) is 18.2 Å². The Kier molecular flexibility index (Phi) is 5.58. The van der Waals surface area contributed by atoms with Crippen LogP contribution in [0.2, 0.25) is 0 Å². The van der Waals surface area contributed by atoms with Gasteiger partial charge < -0.3 is 15.0 Å². The second kappa shape index (κ2) is 8.16. The zero-order valence-electron chi connectivity index (χ0n) is 16.5. The fraction of sp³-hybridized carbons (Fsp3) is 0.455. The number of amides is 1. The van der Waals surface area contributed by atoms with E-state index in [0.29, 0.717) is 11.0 Å². The molecule has 1 N–H and O–H groups in total. The monoisotopic (exact) mass is 419 g/mol. The molecule has 1 aromatic heterocycles. The van der Waals surface area contributed by atoms with Crippen molar-refractivity contribution in [2.45, 2.75) is 38.3 Å². The summed E-state index contributed by atoms with van der Waals surface area (Å²) in [5, 5.41) is 2.73. The van der Waals surface area contributed by atoms with Gasteiger partial charge in [-0.25, -0.2) is 0 Å². The molecular formula is C22H24F3N3O2. The Labute approximate surface area is 173 Å². The topological polar surface area (TPSA) is 54.5 Å². The summed E-state index contributed by atoms with van der Waals surface area (Å²) in [5.74, 6) is -0.0387. The molecule has 1 saturated heterocycles. The van der Waals surface area contributed by atoms with Crippen molar-refractivity contribution in [1.29, 1.82) is 0 Å². The highest BCUT2D eigenvalue weighted by atomic mass is 19.4. The van der Waals surface area contributed by atoms with Crippen LogP contribution in [0.25, 0.3) is 0 Å². The summed E-state index contributed by atoms with van der Waals surface area (Å²) in [4.78, 5) is 19.3. The number of carbonyl (C=O) groups is 1. The van der Waals surface area contributed by atoms with Crippen molar-refractivity contribution in [3.8, 4) is 5.88 Å². The molecule has 2 heterocycles. The lowest BCUT2D eigenvalue weighted by Crippen LogP contribution is -2.35. The normalized spacial score (nSPS) is 17.6. The Morgan fingerprint density at radius 2 is 1.80 bits per heavy atom. The van der Waals surface area contributed by atoms with Crippen LogP contribution in [0.4, 0.5) is 24.7 Å². The second-order valence-electron chi connectivity index (χ2n) is 8.03. The van der Waals surface area contributed by atoms with Gasteiger partial charge in [-0.05, 0) is 49.3 Å². The molecular weight excluding hydrogens is 395 g/mol. The molecule has 30 heavy (non-hydrogen) atoms. The van der Waals surface area contributed by atoms with E-state index in [9.17, 15) is 18.0 Å². The molecule has 4 rings (SSSR count). The number of benzene rings is 1. The Hall–Kier alpha value is -2.77. The number of hydrogen-bond donors (Lipinski definition) is 1. The van der Waals surface area contributed by atoms with Crippen molar-refractivity contribution in [3.05, 3.63) is 48.0 Å². The van der Waals surface area contributed by atoms with E-state index < -0.39 is 19.2 Å². The molecule has 1 aliphatic carbocycles. The predicted molar refractivity (Wildman–Crippen MR) is 108 cm³/mol. The van der Waals surface area contributed by atoms with E-state index in [-0.39, 0.29) is 17.6 Å². The molecule has 1 aliphatic heterocycles. The maximum atomic E-state index is 12.9. The van der Waals surface area contributed by atoms with E-state index in [1.807, 2.05) is 18.2 Å². The van der Waals surface area contributed by atoms with Gasteiger partial charge in [0.15, 0.2) is 0 Å². The summed E-state index contributed by atoms with van der Waals surface area (Å²) in [6.07, 6.45) is -0.408. The number of alkyl halides is 3. The molecule has 0 radical (unpaired) electrons. The summed E-state index contributed by atoms with van der Waals surface area (Å²) in [5.41, 5.74) is 1.99. The fourth-order valence-electron chi connectivity index (χ4n) is 3.86. The van der Waals surface area contributed by atoms with Crippen LogP contribution < -0.4 is 15.0 Å². The van der Waals surface area contributed by atoms with Gasteiger partial charge in [0.2, 0.25) is 5.88 Å². The number of aromatic nitrogens is 1. The Bertz CT molecular complexity index is 902. The first-order valence-electron chi connectivity index (χ1n) is 10.2. The van der Waals surface area contributed by atoms with Crippen molar-refractivity contribution < 1.29 is 22.7 Å². The van der Waals surface area contributed by atoms with E-state index in [2.05, 4.69) is 15.2 Å². The fourth-order valence-corrected chi connectivity index (χ4v) is 3.86. The third-order valence-corrected chi connectivity index (χ3v) is 5.87. The molecule has 1 amide bonds. The molecule has 0 atom stereocenters. The van der Waals surface area contributed by atoms with E-state index in [4.69, 9.17) is 4.74 Å². The molecule has 5 nitrogen and oxygen atoms in total. The van der Waals surface area contributed by atoms with Gasteiger partial charge in [0, 0.05) is 24.8 Å². The molecule has 0 bridgehead atoms. The molecule has 1 saturated carbocycles. The third-order valence-electron chi connectivity index (χ3n) is 5.87. The highest BCUT2D eigenvalue weighted by Gasteiger charge is 2.44. The summed E-state index contributed by atoms with van der Waals surface area (Å²) >= 11 is 0. The largest absolute Gasteiger partial charge is 0.477 e. The number of pyridine rings is 1. The van der Waals surface area contributed by atoms with Gasteiger partial charge in [0.1, 0.15) is 5.82 Å². The number of para-hydroxylation sites is 1. The van der Waals surface area contributed by atoms with Gasteiger partial charge in [-0.1, -0.05) is 18.2 Å². The number of piperidine rings is 1. The lowest BCUT2D eigenvalue weighted by Gasteiger charge is -2.34. The lowest BCUT2D eigenvalue weighted by molar-refractivity contribution is -0.139. The van der Waals surface area contributed by atoms with Crippen LogP contribution in [0.15, 0.2) is 42.5 Å². The number of nitrogens with zero attached hydrogens (tertiary/aromatic N) is 2. The van der Waals surface area contributed by atoms with E-state index >= 15 is 0 Å². The molecule has 1 spiro atoms. The predicted octanol–water partition coefficient (Wildman–Crippen LogP) is 5.05. The van der Waals surface area contributed by atoms with Crippen LogP contribution in [-0.4, -0.2) is 36.8 Å². The highest BCUT2D eigenvalue weighted by molar-refractivity contribution is 6.07. The Balaban J connectivity index is 1.41. The third kappa shape index (κ3) is 5.04.